The van der Waals surface area contributed by atoms with Crippen LogP contribution in [-0.2, 0) is 16.1 Å². The number of benzene rings is 1. The largest absolute Gasteiger partial charge is 0.445 e. The molecule has 0 bridgehead atoms. The molecule has 1 fully saturated rings. The van der Waals surface area contributed by atoms with Crippen molar-refractivity contribution >= 4 is 27.8 Å². The van der Waals surface area contributed by atoms with Crippen LogP contribution in [0.2, 0.25) is 0 Å². The number of ether oxygens (including phenoxy) is 1. The molecule has 0 heterocycles. The Morgan fingerprint density at radius 1 is 1.25 bits per heavy atom. The lowest BCUT2D eigenvalue weighted by molar-refractivity contribution is -0.130. The van der Waals surface area contributed by atoms with Crippen LogP contribution in [0.3, 0.4) is 0 Å². The monoisotopic (exact) mass is 339 g/mol. The highest BCUT2D eigenvalue weighted by atomic mass is 79.9. The predicted molar refractivity (Wildman–Crippen MR) is 79.7 cm³/mol. The first-order chi connectivity index (χ1) is 9.66. The smallest absolute Gasteiger partial charge is 0.407 e. The van der Waals surface area contributed by atoms with Gasteiger partial charge in [-0.15, -0.1) is 0 Å². The second-order valence-corrected chi connectivity index (χ2v) is 5.67. The van der Waals surface area contributed by atoms with Gasteiger partial charge in [0, 0.05) is 12.0 Å². The van der Waals surface area contributed by atoms with Crippen molar-refractivity contribution in [1.82, 2.24) is 5.32 Å². The van der Waals surface area contributed by atoms with Gasteiger partial charge in [-0.1, -0.05) is 52.7 Å². The summed E-state index contributed by atoms with van der Waals surface area (Å²) in [5.74, 6) is 0.159. The number of nitrogens with one attached hydrogen (secondary N) is 1. The van der Waals surface area contributed by atoms with Crippen molar-refractivity contribution in [2.45, 2.75) is 25.9 Å². The summed E-state index contributed by atoms with van der Waals surface area (Å²) in [6, 6.07) is 9.50. The van der Waals surface area contributed by atoms with Gasteiger partial charge in [0.1, 0.15) is 6.61 Å². The number of ketones is 1. The number of Topliss-reactive ketones (excluding diaryl/α,β-unsaturated/α-hetero) is 1. The zero-order valence-corrected chi connectivity index (χ0v) is 12.8. The second-order valence-electron chi connectivity index (χ2n) is 5.11. The normalized spacial score (nSPS) is 16.1. The Balaban J connectivity index is 1.76. The molecule has 0 spiro atoms. The average Bonchev–Trinajstić information content (AvgIpc) is 2.44. The number of alkyl halides is 1. The molecule has 5 heteroatoms. The zero-order valence-electron chi connectivity index (χ0n) is 11.2. The Hall–Kier alpha value is -1.36. The van der Waals surface area contributed by atoms with Crippen molar-refractivity contribution in [2.24, 2.45) is 5.41 Å². The van der Waals surface area contributed by atoms with Gasteiger partial charge in [-0.05, 0) is 18.4 Å². The fourth-order valence-corrected chi connectivity index (χ4v) is 2.91. The van der Waals surface area contributed by atoms with Crippen LogP contribution in [0, 0.1) is 5.41 Å². The molecular formula is C15H18BrNO3. The van der Waals surface area contributed by atoms with Crippen LogP contribution in [0.1, 0.15) is 24.8 Å². The lowest BCUT2D eigenvalue weighted by atomic mass is 9.66. The summed E-state index contributed by atoms with van der Waals surface area (Å²) in [4.78, 5) is 23.5. The van der Waals surface area contributed by atoms with Gasteiger partial charge in [-0.3, -0.25) is 4.79 Å². The van der Waals surface area contributed by atoms with E-state index in [9.17, 15) is 9.59 Å². The Bertz CT molecular complexity index is 471. The van der Waals surface area contributed by atoms with Crippen molar-refractivity contribution in [3.05, 3.63) is 35.9 Å². The zero-order chi connectivity index (χ0) is 14.4. The maximum atomic E-state index is 11.9. The van der Waals surface area contributed by atoms with E-state index in [1.54, 1.807) is 0 Å². The van der Waals surface area contributed by atoms with E-state index >= 15 is 0 Å². The van der Waals surface area contributed by atoms with Crippen molar-refractivity contribution in [3.63, 3.8) is 0 Å². The Morgan fingerprint density at radius 2 is 1.95 bits per heavy atom. The molecule has 2 rings (SSSR count). The molecule has 0 aliphatic heterocycles. The van der Waals surface area contributed by atoms with E-state index in [0.29, 0.717) is 11.9 Å². The number of rotatable bonds is 6. The van der Waals surface area contributed by atoms with Crippen LogP contribution in [0.5, 0.6) is 0 Å². The van der Waals surface area contributed by atoms with E-state index in [0.717, 1.165) is 24.8 Å². The molecule has 4 nitrogen and oxygen atoms in total. The fourth-order valence-electron chi connectivity index (χ4n) is 2.32. The van der Waals surface area contributed by atoms with Crippen molar-refractivity contribution < 1.29 is 14.3 Å². The van der Waals surface area contributed by atoms with Crippen LogP contribution in [0.15, 0.2) is 30.3 Å². The lowest BCUT2D eigenvalue weighted by Gasteiger charge is -2.39. The quantitative estimate of drug-likeness (QED) is 0.810. The Kier molecular flexibility index (Phi) is 5.17. The first-order valence-corrected chi connectivity index (χ1v) is 7.82. The van der Waals surface area contributed by atoms with Gasteiger partial charge in [-0.2, -0.15) is 0 Å². The molecule has 0 unspecified atom stereocenters. The van der Waals surface area contributed by atoms with E-state index in [-0.39, 0.29) is 17.8 Å². The summed E-state index contributed by atoms with van der Waals surface area (Å²) in [7, 11) is 0. The Morgan fingerprint density at radius 3 is 2.50 bits per heavy atom. The highest BCUT2D eigenvalue weighted by Crippen LogP contribution is 2.41. The first kappa shape index (κ1) is 15.0. The lowest BCUT2D eigenvalue weighted by Crippen LogP contribution is -2.48. The molecule has 20 heavy (non-hydrogen) atoms. The highest BCUT2D eigenvalue weighted by molar-refractivity contribution is 9.09. The minimum atomic E-state index is -0.470. The summed E-state index contributed by atoms with van der Waals surface area (Å²) in [6.07, 6.45) is 2.26. The third kappa shape index (κ3) is 3.60. The molecule has 1 aromatic rings. The van der Waals surface area contributed by atoms with Crippen molar-refractivity contribution in [3.8, 4) is 0 Å². The van der Waals surface area contributed by atoms with Crippen LogP contribution >= 0.6 is 15.9 Å². The van der Waals surface area contributed by atoms with Crippen molar-refractivity contribution in [2.75, 3.05) is 11.9 Å². The summed E-state index contributed by atoms with van der Waals surface area (Å²) in [5.41, 5.74) is 0.562. The van der Waals surface area contributed by atoms with E-state index in [1.807, 2.05) is 30.3 Å². The topological polar surface area (TPSA) is 55.4 Å². The van der Waals surface area contributed by atoms with Gasteiger partial charge in [0.25, 0.3) is 0 Å². The van der Waals surface area contributed by atoms with E-state index in [4.69, 9.17) is 4.74 Å². The molecule has 0 atom stereocenters. The number of hydrogen-bond donors (Lipinski definition) is 1. The van der Waals surface area contributed by atoms with Crippen LogP contribution in [-0.4, -0.2) is 23.8 Å². The minimum absolute atomic E-state index is 0.159. The molecule has 0 aromatic heterocycles. The molecule has 1 N–H and O–H groups in total. The van der Waals surface area contributed by atoms with Gasteiger partial charge in [0.2, 0.25) is 0 Å². The minimum Gasteiger partial charge on any atom is -0.445 e. The van der Waals surface area contributed by atoms with Gasteiger partial charge >= 0.3 is 6.09 Å². The fraction of sp³-hybridized carbons (Fsp3) is 0.467. The molecule has 1 saturated carbocycles. The molecule has 1 amide bonds. The van der Waals surface area contributed by atoms with Crippen LogP contribution < -0.4 is 5.32 Å². The second kappa shape index (κ2) is 6.88. The van der Waals surface area contributed by atoms with Gasteiger partial charge in [-0.25, -0.2) is 4.79 Å². The first-order valence-electron chi connectivity index (χ1n) is 6.70. The number of hydrogen-bond acceptors (Lipinski definition) is 3. The summed E-state index contributed by atoms with van der Waals surface area (Å²) >= 11 is 3.20. The molecule has 108 valence electrons. The standard InChI is InChI=1S/C15H18BrNO3/c16-9-13(18)15(7-4-8-15)11-17-14(19)20-10-12-5-2-1-3-6-12/h1-3,5-6H,4,7-11H2,(H,17,19). The van der Waals surface area contributed by atoms with Gasteiger partial charge < -0.3 is 10.1 Å². The average molecular weight is 340 g/mol. The number of carbonyl (C=O) groups excluding carboxylic acids is 2. The molecule has 1 aliphatic carbocycles. The van der Waals surface area contributed by atoms with Gasteiger partial charge in [0.15, 0.2) is 5.78 Å². The molecule has 0 saturated heterocycles. The SMILES string of the molecule is O=C(NCC1(C(=O)CBr)CCC1)OCc1ccccc1. The predicted octanol–water partition coefficient (Wildman–Crippen LogP) is 3.05. The number of alkyl carbamates (subject to hydrolysis) is 1. The van der Waals surface area contributed by atoms with E-state index in [2.05, 4.69) is 21.2 Å². The molecule has 1 aromatic carbocycles. The van der Waals surface area contributed by atoms with Crippen LogP contribution in [0.4, 0.5) is 4.79 Å². The summed E-state index contributed by atoms with van der Waals surface area (Å²) in [6.45, 7) is 0.608. The van der Waals surface area contributed by atoms with E-state index < -0.39 is 6.09 Å². The maximum Gasteiger partial charge on any atom is 0.407 e. The number of halogens is 1. The van der Waals surface area contributed by atoms with Crippen molar-refractivity contribution in [1.29, 1.82) is 0 Å². The molecular weight excluding hydrogens is 322 g/mol. The summed E-state index contributed by atoms with van der Waals surface area (Å²) in [5, 5.41) is 3.05. The number of amides is 1. The molecule has 0 radical (unpaired) electrons. The Labute approximate surface area is 127 Å². The van der Waals surface area contributed by atoms with Crippen LogP contribution in [0.25, 0.3) is 0 Å². The third-order valence-electron chi connectivity index (χ3n) is 3.81. The van der Waals surface area contributed by atoms with E-state index in [1.165, 1.54) is 0 Å². The third-order valence-corrected chi connectivity index (χ3v) is 4.32. The summed E-state index contributed by atoms with van der Waals surface area (Å²) < 4.78 is 5.13. The molecule has 1 aliphatic rings. The highest BCUT2D eigenvalue weighted by Gasteiger charge is 2.43. The number of carbonyl (C=O) groups is 2. The van der Waals surface area contributed by atoms with Gasteiger partial charge in [0.05, 0.1) is 5.33 Å². The maximum absolute atomic E-state index is 11.9.